The summed E-state index contributed by atoms with van der Waals surface area (Å²) in [6, 6.07) is 13.7. The number of sulfonamides is 1. The van der Waals surface area contributed by atoms with Crippen molar-refractivity contribution in [3.63, 3.8) is 0 Å². The lowest BCUT2D eigenvalue weighted by Crippen LogP contribution is -2.18. The van der Waals surface area contributed by atoms with Crippen molar-refractivity contribution in [2.75, 3.05) is 17.7 Å². The Balaban J connectivity index is 1.88. The predicted octanol–water partition coefficient (Wildman–Crippen LogP) is 2.28. The van der Waals surface area contributed by atoms with Crippen LogP contribution in [0.1, 0.15) is 15.9 Å². The van der Waals surface area contributed by atoms with Gasteiger partial charge in [0.15, 0.2) is 0 Å². The number of aryl methyl sites for hydroxylation is 1. The van der Waals surface area contributed by atoms with Gasteiger partial charge in [-0.05, 0) is 55.9 Å². The molecule has 0 bridgehead atoms. The zero-order valence-corrected chi connectivity index (χ0v) is 16.6. The summed E-state index contributed by atoms with van der Waals surface area (Å²) >= 11 is 0. The van der Waals surface area contributed by atoms with Gasteiger partial charge in [-0.1, -0.05) is 12.1 Å². The van der Waals surface area contributed by atoms with Gasteiger partial charge in [-0.25, -0.2) is 18.1 Å². The van der Waals surface area contributed by atoms with Crippen molar-refractivity contribution in [3.8, 4) is 0 Å². The molecule has 0 aliphatic rings. The number of carbonyl (C=O) groups is 1. The van der Waals surface area contributed by atoms with Crippen molar-refractivity contribution >= 4 is 39.1 Å². The minimum Gasteiger partial charge on any atom is -0.365 e. The average Bonchev–Trinajstić information content (AvgIpc) is 2.68. The fraction of sp³-hybridized carbons (Fsp3) is 0.105. The standard InChI is InChI=1S/C19H20N6O3S/c1-12-4-3-5-14(10-12)23-18-16(17(20)26)11-22-19(25-18)24-13-6-8-15(9-7-13)29(27,28)21-2/h3-11,21H,1-2H3,(H2,20,26)(H2,22,23,24,25). The molecule has 2 aromatic carbocycles. The van der Waals surface area contributed by atoms with Gasteiger partial charge in [0.05, 0.1) is 4.90 Å². The van der Waals surface area contributed by atoms with E-state index < -0.39 is 15.9 Å². The second-order valence-corrected chi connectivity index (χ2v) is 8.06. The van der Waals surface area contributed by atoms with E-state index in [1.807, 2.05) is 31.2 Å². The topological polar surface area (TPSA) is 139 Å². The zero-order valence-electron chi connectivity index (χ0n) is 15.8. The molecule has 0 atom stereocenters. The molecule has 5 N–H and O–H groups in total. The van der Waals surface area contributed by atoms with Crippen LogP contribution in [0.5, 0.6) is 0 Å². The maximum atomic E-state index is 11.8. The Morgan fingerprint density at radius 1 is 1.03 bits per heavy atom. The first kappa shape index (κ1) is 20.2. The molecular formula is C19H20N6O3S. The number of hydrogen-bond donors (Lipinski definition) is 4. The Kier molecular flexibility index (Phi) is 5.76. The lowest BCUT2D eigenvalue weighted by molar-refractivity contribution is 0.100. The van der Waals surface area contributed by atoms with Gasteiger partial charge in [-0.2, -0.15) is 4.98 Å². The van der Waals surface area contributed by atoms with Crippen LogP contribution in [0.25, 0.3) is 0 Å². The summed E-state index contributed by atoms with van der Waals surface area (Å²) in [5, 5.41) is 6.05. The molecule has 0 aliphatic carbocycles. The van der Waals surface area contributed by atoms with E-state index >= 15 is 0 Å². The van der Waals surface area contributed by atoms with Gasteiger partial charge in [0.25, 0.3) is 5.91 Å². The van der Waals surface area contributed by atoms with Gasteiger partial charge in [0.1, 0.15) is 11.4 Å². The van der Waals surface area contributed by atoms with Crippen molar-refractivity contribution in [2.24, 2.45) is 5.73 Å². The highest BCUT2D eigenvalue weighted by atomic mass is 32.2. The van der Waals surface area contributed by atoms with Crippen molar-refractivity contribution in [3.05, 3.63) is 65.9 Å². The van der Waals surface area contributed by atoms with Gasteiger partial charge in [0, 0.05) is 17.6 Å². The van der Waals surface area contributed by atoms with Crippen molar-refractivity contribution in [2.45, 2.75) is 11.8 Å². The Hall–Kier alpha value is -3.50. The molecule has 0 unspecified atom stereocenters. The number of primary amides is 1. The number of nitrogens with zero attached hydrogens (tertiary/aromatic N) is 2. The molecule has 0 saturated heterocycles. The lowest BCUT2D eigenvalue weighted by Gasteiger charge is -2.12. The Morgan fingerprint density at radius 3 is 2.38 bits per heavy atom. The summed E-state index contributed by atoms with van der Waals surface area (Å²) in [5.41, 5.74) is 7.94. The van der Waals surface area contributed by atoms with Crippen LogP contribution < -0.4 is 21.1 Å². The van der Waals surface area contributed by atoms with Gasteiger partial charge in [-0.3, -0.25) is 4.79 Å². The number of hydrogen-bond acceptors (Lipinski definition) is 7. The van der Waals surface area contributed by atoms with E-state index in [1.165, 1.54) is 25.4 Å². The van der Waals surface area contributed by atoms with E-state index in [2.05, 4.69) is 25.3 Å². The van der Waals surface area contributed by atoms with Crippen LogP contribution in [0.3, 0.4) is 0 Å². The highest BCUT2D eigenvalue weighted by Gasteiger charge is 2.14. The molecule has 0 spiro atoms. The molecule has 29 heavy (non-hydrogen) atoms. The van der Waals surface area contributed by atoms with E-state index in [4.69, 9.17) is 5.73 Å². The molecular weight excluding hydrogens is 392 g/mol. The van der Waals surface area contributed by atoms with Crippen LogP contribution in [0.15, 0.2) is 59.6 Å². The van der Waals surface area contributed by atoms with E-state index in [-0.39, 0.29) is 22.2 Å². The number of nitrogens with two attached hydrogens (primary N) is 1. The summed E-state index contributed by atoms with van der Waals surface area (Å²) in [4.78, 5) is 20.3. The molecule has 0 fully saturated rings. The molecule has 1 heterocycles. The summed E-state index contributed by atoms with van der Waals surface area (Å²) in [5.74, 6) is -0.183. The van der Waals surface area contributed by atoms with E-state index in [0.29, 0.717) is 5.69 Å². The van der Waals surface area contributed by atoms with Crippen LogP contribution >= 0.6 is 0 Å². The first-order valence-electron chi connectivity index (χ1n) is 8.59. The monoisotopic (exact) mass is 412 g/mol. The number of nitrogens with one attached hydrogen (secondary N) is 3. The van der Waals surface area contributed by atoms with Crippen molar-refractivity contribution in [1.82, 2.24) is 14.7 Å². The third kappa shape index (κ3) is 4.86. The average molecular weight is 412 g/mol. The minimum absolute atomic E-state index is 0.136. The van der Waals surface area contributed by atoms with E-state index in [0.717, 1.165) is 11.3 Å². The zero-order chi connectivity index (χ0) is 21.0. The van der Waals surface area contributed by atoms with Gasteiger partial charge < -0.3 is 16.4 Å². The number of carbonyl (C=O) groups excluding carboxylic acids is 1. The number of amides is 1. The molecule has 3 rings (SSSR count). The SMILES string of the molecule is CNS(=O)(=O)c1ccc(Nc2ncc(C(N)=O)c(Nc3cccc(C)c3)n2)cc1. The smallest absolute Gasteiger partial charge is 0.254 e. The first-order chi connectivity index (χ1) is 13.8. The lowest BCUT2D eigenvalue weighted by atomic mass is 10.2. The maximum Gasteiger partial charge on any atom is 0.254 e. The quantitative estimate of drug-likeness (QED) is 0.467. The van der Waals surface area contributed by atoms with Crippen LogP contribution in [0, 0.1) is 6.92 Å². The van der Waals surface area contributed by atoms with Crippen molar-refractivity contribution in [1.29, 1.82) is 0 Å². The Morgan fingerprint density at radius 2 is 1.76 bits per heavy atom. The molecule has 0 radical (unpaired) electrons. The number of anilines is 4. The summed E-state index contributed by atoms with van der Waals surface area (Å²) < 4.78 is 25.9. The second kappa shape index (κ2) is 8.25. The Labute approximate surface area is 168 Å². The van der Waals surface area contributed by atoms with Gasteiger partial charge >= 0.3 is 0 Å². The van der Waals surface area contributed by atoms with Crippen LogP contribution in [-0.2, 0) is 10.0 Å². The van der Waals surface area contributed by atoms with Crippen LogP contribution in [0.2, 0.25) is 0 Å². The van der Waals surface area contributed by atoms with Crippen molar-refractivity contribution < 1.29 is 13.2 Å². The van der Waals surface area contributed by atoms with Gasteiger partial charge in [-0.15, -0.1) is 0 Å². The fourth-order valence-electron chi connectivity index (χ4n) is 2.54. The predicted molar refractivity (Wildman–Crippen MR) is 111 cm³/mol. The molecule has 0 aliphatic heterocycles. The summed E-state index contributed by atoms with van der Waals surface area (Å²) in [7, 11) is -2.17. The van der Waals surface area contributed by atoms with Crippen LogP contribution in [-0.4, -0.2) is 31.3 Å². The first-order valence-corrected chi connectivity index (χ1v) is 10.1. The molecule has 1 amide bonds. The Bertz CT molecular complexity index is 1150. The minimum atomic E-state index is -3.52. The van der Waals surface area contributed by atoms with Gasteiger partial charge in [0.2, 0.25) is 16.0 Å². The summed E-state index contributed by atoms with van der Waals surface area (Å²) in [6.45, 7) is 1.95. The third-order valence-corrected chi connectivity index (χ3v) is 5.45. The van der Waals surface area contributed by atoms with E-state index in [1.54, 1.807) is 12.1 Å². The molecule has 0 saturated carbocycles. The molecule has 3 aromatic rings. The number of rotatable bonds is 7. The molecule has 9 nitrogen and oxygen atoms in total. The van der Waals surface area contributed by atoms with Crippen LogP contribution in [0.4, 0.5) is 23.1 Å². The highest BCUT2D eigenvalue weighted by Crippen LogP contribution is 2.22. The third-order valence-electron chi connectivity index (χ3n) is 4.02. The maximum absolute atomic E-state index is 11.8. The highest BCUT2D eigenvalue weighted by molar-refractivity contribution is 7.89. The molecule has 150 valence electrons. The van der Waals surface area contributed by atoms with E-state index in [9.17, 15) is 13.2 Å². The second-order valence-electron chi connectivity index (χ2n) is 6.17. The molecule has 10 heteroatoms. The summed E-state index contributed by atoms with van der Waals surface area (Å²) in [6.07, 6.45) is 1.33. The molecule has 1 aromatic heterocycles. The fourth-order valence-corrected chi connectivity index (χ4v) is 3.27. The number of aromatic nitrogens is 2. The number of benzene rings is 2. The largest absolute Gasteiger partial charge is 0.365 e. The normalized spacial score (nSPS) is 11.1.